The molecule has 1 aliphatic rings. The summed E-state index contributed by atoms with van der Waals surface area (Å²) in [4.78, 5) is 27.6. The Morgan fingerprint density at radius 1 is 1.06 bits per heavy atom. The molecular formula is C25H29N3O5. The van der Waals surface area contributed by atoms with Crippen LogP contribution in [0.25, 0.3) is 0 Å². The van der Waals surface area contributed by atoms with E-state index in [2.05, 4.69) is 15.7 Å². The van der Waals surface area contributed by atoms with Crippen molar-refractivity contribution in [3.05, 3.63) is 65.2 Å². The van der Waals surface area contributed by atoms with E-state index in [0.29, 0.717) is 44.9 Å². The number of methoxy groups -OCH3 is 2. The quantitative estimate of drug-likeness (QED) is 0.427. The molecule has 8 nitrogen and oxygen atoms in total. The van der Waals surface area contributed by atoms with Gasteiger partial charge in [0, 0.05) is 32.7 Å². The van der Waals surface area contributed by atoms with E-state index in [-0.39, 0.29) is 18.4 Å². The van der Waals surface area contributed by atoms with Gasteiger partial charge in [-0.1, -0.05) is 24.3 Å². The third kappa shape index (κ3) is 7.04. The highest BCUT2D eigenvalue weighted by Crippen LogP contribution is 2.25. The van der Waals surface area contributed by atoms with Gasteiger partial charge in [0.1, 0.15) is 12.2 Å². The van der Waals surface area contributed by atoms with Crippen LogP contribution in [0.4, 0.5) is 0 Å². The van der Waals surface area contributed by atoms with Gasteiger partial charge in [0.05, 0.1) is 38.6 Å². The van der Waals surface area contributed by atoms with E-state index in [1.165, 1.54) is 7.11 Å². The summed E-state index contributed by atoms with van der Waals surface area (Å²) in [5, 5.41) is 8.99. The van der Waals surface area contributed by atoms with Gasteiger partial charge >= 0.3 is 5.97 Å². The summed E-state index contributed by atoms with van der Waals surface area (Å²) in [7, 11) is 2.92. The predicted molar refractivity (Wildman–Crippen MR) is 121 cm³/mol. The maximum atomic E-state index is 12.2. The molecule has 0 aromatic heterocycles. The van der Waals surface area contributed by atoms with Gasteiger partial charge in [0.25, 0.3) is 0 Å². The van der Waals surface area contributed by atoms with Crippen LogP contribution >= 0.6 is 0 Å². The lowest BCUT2D eigenvalue weighted by Crippen LogP contribution is -2.50. The molecule has 0 radical (unpaired) electrons. The van der Waals surface area contributed by atoms with Gasteiger partial charge in [0.15, 0.2) is 0 Å². The largest absolute Gasteiger partial charge is 0.497 e. The van der Waals surface area contributed by atoms with Crippen molar-refractivity contribution < 1.29 is 23.8 Å². The van der Waals surface area contributed by atoms with E-state index in [9.17, 15) is 9.59 Å². The molecule has 1 unspecified atom stereocenters. The van der Waals surface area contributed by atoms with Crippen LogP contribution in [0.15, 0.2) is 48.5 Å². The lowest BCUT2D eigenvalue weighted by atomic mass is 10.1. The van der Waals surface area contributed by atoms with E-state index in [1.807, 2.05) is 36.4 Å². The normalized spacial score (nSPS) is 14.9. The molecule has 0 bridgehead atoms. The zero-order valence-electron chi connectivity index (χ0n) is 19.0. The molecule has 0 N–H and O–H groups in total. The van der Waals surface area contributed by atoms with E-state index < -0.39 is 5.97 Å². The number of carbonyl (C=O) groups excluding carboxylic acids is 2. The first-order chi connectivity index (χ1) is 16.0. The minimum Gasteiger partial charge on any atom is -0.497 e. The van der Waals surface area contributed by atoms with Crippen molar-refractivity contribution in [2.75, 3.05) is 46.9 Å². The highest BCUT2D eigenvalue weighted by atomic mass is 16.5. The van der Waals surface area contributed by atoms with Crippen molar-refractivity contribution in [2.24, 2.45) is 0 Å². The number of amides is 1. The molecule has 1 amide bonds. The summed E-state index contributed by atoms with van der Waals surface area (Å²) >= 11 is 0. The molecule has 8 heteroatoms. The number of piperazine rings is 1. The number of rotatable bonds is 9. The molecule has 33 heavy (non-hydrogen) atoms. The fourth-order valence-corrected chi connectivity index (χ4v) is 3.69. The number of hydrogen-bond donors (Lipinski definition) is 0. The molecule has 1 atom stereocenters. The first kappa shape index (κ1) is 24.2. The molecule has 0 saturated carbocycles. The van der Waals surface area contributed by atoms with Crippen molar-refractivity contribution in [1.82, 2.24) is 9.80 Å². The summed E-state index contributed by atoms with van der Waals surface area (Å²) < 4.78 is 16.3. The molecule has 0 aliphatic carbocycles. The average molecular weight is 452 g/mol. The van der Waals surface area contributed by atoms with Gasteiger partial charge in [-0.2, -0.15) is 5.26 Å². The Bertz CT molecular complexity index is 978. The molecule has 0 spiro atoms. The standard InChI is InChI=1S/C25H29N3O5/c1-31-22-5-3-4-21(14-22)23(33-18-20-8-6-19(16-26)7-9-20)17-27-10-12-28(13-11-27)24(29)15-25(30)32-2/h3-9,14,23H,10-13,15,17-18H2,1-2H3. The molecule has 1 aliphatic heterocycles. The average Bonchev–Trinajstić information content (AvgIpc) is 2.87. The van der Waals surface area contributed by atoms with Gasteiger partial charge < -0.3 is 19.1 Å². The Hall–Kier alpha value is -3.41. The van der Waals surface area contributed by atoms with Crippen molar-refractivity contribution in [3.63, 3.8) is 0 Å². The number of nitrogens with zero attached hydrogens (tertiary/aromatic N) is 3. The number of hydrogen-bond acceptors (Lipinski definition) is 7. The number of carbonyl (C=O) groups is 2. The minimum absolute atomic E-state index is 0.201. The topological polar surface area (TPSA) is 92.1 Å². The number of ether oxygens (including phenoxy) is 3. The van der Waals surface area contributed by atoms with Crippen LogP contribution in [0.3, 0.4) is 0 Å². The summed E-state index contributed by atoms with van der Waals surface area (Å²) in [6.07, 6.45) is -0.426. The van der Waals surface area contributed by atoms with Gasteiger partial charge in [0.2, 0.25) is 5.91 Å². The Kier molecular flexibility index (Phi) is 8.81. The maximum absolute atomic E-state index is 12.2. The maximum Gasteiger partial charge on any atom is 0.315 e. The number of benzene rings is 2. The monoisotopic (exact) mass is 451 g/mol. The molecule has 174 valence electrons. The van der Waals surface area contributed by atoms with E-state index >= 15 is 0 Å². The van der Waals surface area contributed by atoms with Crippen LogP contribution < -0.4 is 4.74 Å². The number of esters is 1. The smallest absolute Gasteiger partial charge is 0.315 e. The van der Waals surface area contributed by atoms with Crippen LogP contribution in [-0.4, -0.2) is 68.6 Å². The summed E-state index contributed by atoms with van der Waals surface area (Å²) in [6.45, 7) is 3.54. The van der Waals surface area contributed by atoms with Gasteiger partial charge in [-0.15, -0.1) is 0 Å². The van der Waals surface area contributed by atoms with E-state index in [0.717, 1.165) is 16.9 Å². The molecule has 1 saturated heterocycles. The Morgan fingerprint density at radius 3 is 2.42 bits per heavy atom. The third-order valence-corrected chi connectivity index (χ3v) is 5.67. The molecule has 3 rings (SSSR count). The van der Waals surface area contributed by atoms with Gasteiger partial charge in [-0.3, -0.25) is 14.5 Å². The summed E-state index contributed by atoms with van der Waals surface area (Å²) in [5.74, 6) is 0.0392. The zero-order valence-corrected chi connectivity index (χ0v) is 19.0. The second-order valence-electron chi connectivity index (χ2n) is 7.82. The summed E-state index contributed by atoms with van der Waals surface area (Å²) in [6, 6.07) is 17.3. The molecule has 1 fully saturated rings. The Morgan fingerprint density at radius 2 is 1.79 bits per heavy atom. The van der Waals surface area contributed by atoms with E-state index in [4.69, 9.17) is 14.7 Å². The van der Waals surface area contributed by atoms with Gasteiger partial charge in [-0.25, -0.2) is 0 Å². The second kappa shape index (κ2) is 12.0. The molecule has 1 heterocycles. The minimum atomic E-state index is -0.517. The first-order valence-electron chi connectivity index (χ1n) is 10.8. The summed E-state index contributed by atoms with van der Waals surface area (Å²) in [5.41, 5.74) is 2.61. The zero-order chi connectivity index (χ0) is 23.6. The SMILES string of the molecule is COC(=O)CC(=O)N1CCN(CC(OCc2ccc(C#N)cc2)c2cccc(OC)c2)CC1. The van der Waals surface area contributed by atoms with Crippen LogP contribution in [0.1, 0.15) is 29.2 Å². The Balaban J connectivity index is 1.63. The van der Waals surface area contributed by atoms with Crippen molar-refractivity contribution in [1.29, 1.82) is 5.26 Å². The van der Waals surface area contributed by atoms with Crippen LogP contribution in [-0.2, 0) is 25.7 Å². The lowest BCUT2D eigenvalue weighted by Gasteiger charge is -2.36. The Labute approximate surface area is 194 Å². The van der Waals surface area contributed by atoms with Crippen molar-refractivity contribution >= 4 is 11.9 Å². The fourth-order valence-electron chi connectivity index (χ4n) is 3.69. The van der Waals surface area contributed by atoms with Crippen LogP contribution in [0, 0.1) is 11.3 Å². The van der Waals surface area contributed by atoms with Crippen LogP contribution in [0.5, 0.6) is 5.75 Å². The highest BCUT2D eigenvalue weighted by molar-refractivity contribution is 5.94. The van der Waals surface area contributed by atoms with Gasteiger partial charge in [-0.05, 0) is 35.4 Å². The third-order valence-electron chi connectivity index (χ3n) is 5.67. The lowest BCUT2D eigenvalue weighted by molar-refractivity contribution is -0.147. The second-order valence-corrected chi connectivity index (χ2v) is 7.82. The molecule has 2 aromatic rings. The molecule has 2 aromatic carbocycles. The predicted octanol–water partition coefficient (Wildman–Crippen LogP) is 2.53. The molecular weight excluding hydrogens is 422 g/mol. The van der Waals surface area contributed by atoms with Crippen LogP contribution in [0.2, 0.25) is 0 Å². The van der Waals surface area contributed by atoms with E-state index in [1.54, 1.807) is 24.1 Å². The fraction of sp³-hybridized carbons (Fsp3) is 0.400. The van der Waals surface area contributed by atoms with Crippen molar-refractivity contribution in [2.45, 2.75) is 19.1 Å². The number of nitriles is 1. The highest BCUT2D eigenvalue weighted by Gasteiger charge is 2.25. The van der Waals surface area contributed by atoms with Crippen molar-refractivity contribution in [3.8, 4) is 11.8 Å². The first-order valence-corrected chi connectivity index (χ1v) is 10.8.